The number of benzene rings is 1. The minimum atomic E-state index is -0.409. The zero-order valence-corrected chi connectivity index (χ0v) is 17.0. The van der Waals surface area contributed by atoms with Gasteiger partial charge in [-0.3, -0.25) is 19.3 Å². The molecule has 1 N–H and O–H groups in total. The normalized spacial score (nSPS) is 16.4. The highest BCUT2D eigenvalue weighted by molar-refractivity contribution is 7.98. The number of hydrogen-bond donors (Lipinski definition) is 1. The summed E-state index contributed by atoms with van der Waals surface area (Å²) in [4.78, 5) is 41.7. The van der Waals surface area contributed by atoms with E-state index in [1.165, 1.54) is 11.8 Å². The first-order valence-corrected chi connectivity index (χ1v) is 11.2. The summed E-state index contributed by atoms with van der Waals surface area (Å²) >= 11 is 1.51. The van der Waals surface area contributed by atoms with Crippen molar-refractivity contribution in [2.24, 2.45) is 0 Å². The molecule has 0 saturated heterocycles. The molecule has 2 aliphatic carbocycles. The van der Waals surface area contributed by atoms with Crippen molar-refractivity contribution in [1.29, 1.82) is 0 Å². The molecular formula is C22H19N5O2S. The quantitative estimate of drug-likeness (QED) is 0.394. The Labute approximate surface area is 175 Å². The van der Waals surface area contributed by atoms with Gasteiger partial charge in [-0.1, -0.05) is 24.3 Å². The highest BCUT2D eigenvalue weighted by atomic mass is 32.2. The van der Waals surface area contributed by atoms with E-state index < -0.39 is 5.56 Å². The molecule has 8 heteroatoms. The van der Waals surface area contributed by atoms with E-state index in [0.29, 0.717) is 27.7 Å². The molecule has 0 aliphatic heterocycles. The van der Waals surface area contributed by atoms with Crippen LogP contribution in [0.15, 0.2) is 51.1 Å². The fraction of sp³-hybridized carbons (Fsp3) is 0.318. The Bertz CT molecular complexity index is 1410. The molecule has 0 unspecified atom stereocenters. The standard InChI is InChI=1S/C22H19N5O2S/c28-20-16-19(27(15-8-9-15)22(29)26-20)24-18(13-6-7-13)25-21(16)30-11-14-4-1-3-12-5-2-10-23-17(12)14/h1-5,10,13,15H,6-9,11H2,(H,26,28,29). The van der Waals surface area contributed by atoms with Crippen LogP contribution in [0.3, 0.4) is 0 Å². The average molecular weight is 417 g/mol. The van der Waals surface area contributed by atoms with Gasteiger partial charge in [-0.25, -0.2) is 14.8 Å². The van der Waals surface area contributed by atoms with Gasteiger partial charge in [0.25, 0.3) is 5.56 Å². The van der Waals surface area contributed by atoms with Crippen LogP contribution in [0, 0.1) is 0 Å². The third kappa shape index (κ3) is 3.02. The minimum absolute atomic E-state index is 0.124. The molecule has 4 aromatic rings. The zero-order chi connectivity index (χ0) is 20.2. The predicted molar refractivity (Wildman–Crippen MR) is 116 cm³/mol. The molecule has 6 rings (SSSR count). The number of para-hydroxylation sites is 1. The number of nitrogens with one attached hydrogen (secondary N) is 1. The van der Waals surface area contributed by atoms with Crippen LogP contribution in [-0.4, -0.2) is 24.5 Å². The predicted octanol–water partition coefficient (Wildman–Crippen LogP) is 3.53. The minimum Gasteiger partial charge on any atom is -0.274 e. The van der Waals surface area contributed by atoms with Crippen LogP contribution in [0.2, 0.25) is 0 Å². The molecule has 30 heavy (non-hydrogen) atoms. The number of H-pyrrole nitrogens is 1. The first kappa shape index (κ1) is 17.8. The van der Waals surface area contributed by atoms with Crippen LogP contribution in [0.5, 0.6) is 0 Å². The number of rotatable bonds is 5. The number of fused-ring (bicyclic) bond motifs is 2. The molecule has 2 aliphatic rings. The van der Waals surface area contributed by atoms with Gasteiger partial charge in [0, 0.05) is 29.3 Å². The first-order valence-electron chi connectivity index (χ1n) is 10.2. The van der Waals surface area contributed by atoms with Crippen molar-refractivity contribution in [3.63, 3.8) is 0 Å². The molecule has 3 heterocycles. The Morgan fingerprint density at radius 3 is 2.70 bits per heavy atom. The zero-order valence-electron chi connectivity index (χ0n) is 16.2. The maximum absolute atomic E-state index is 12.8. The second kappa shape index (κ2) is 6.77. The second-order valence-electron chi connectivity index (χ2n) is 8.00. The van der Waals surface area contributed by atoms with Gasteiger partial charge in [0.2, 0.25) is 0 Å². The third-order valence-corrected chi connectivity index (χ3v) is 6.73. The molecule has 0 atom stereocenters. The summed E-state index contributed by atoms with van der Waals surface area (Å²) in [5.74, 6) is 1.71. The SMILES string of the molecule is O=c1[nH]c(=O)n(C2CC2)c2nc(C3CC3)nc(SCc3cccc4cccnc34)c12. The lowest BCUT2D eigenvalue weighted by atomic mass is 10.1. The van der Waals surface area contributed by atoms with E-state index in [4.69, 9.17) is 9.97 Å². The summed E-state index contributed by atoms with van der Waals surface area (Å²) < 4.78 is 1.66. The fourth-order valence-corrected chi connectivity index (χ4v) is 4.88. The van der Waals surface area contributed by atoms with Crippen molar-refractivity contribution in [3.05, 3.63) is 68.8 Å². The Hall–Kier alpha value is -3.00. The highest BCUT2D eigenvalue weighted by Gasteiger charge is 2.32. The van der Waals surface area contributed by atoms with Gasteiger partial charge in [0.15, 0.2) is 5.65 Å². The summed E-state index contributed by atoms with van der Waals surface area (Å²) in [5, 5.41) is 2.15. The summed E-state index contributed by atoms with van der Waals surface area (Å²) in [6.45, 7) is 0. The van der Waals surface area contributed by atoms with Gasteiger partial charge in [-0.2, -0.15) is 0 Å². The lowest BCUT2D eigenvalue weighted by molar-refractivity contribution is 0.691. The van der Waals surface area contributed by atoms with Crippen molar-refractivity contribution in [2.45, 2.75) is 48.4 Å². The summed E-state index contributed by atoms with van der Waals surface area (Å²) in [5.41, 5.74) is 1.75. The van der Waals surface area contributed by atoms with E-state index in [9.17, 15) is 9.59 Å². The molecule has 2 fully saturated rings. The number of thioether (sulfide) groups is 1. The second-order valence-corrected chi connectivity index (χ2v) is 8.97. The molecule has 7 nitrogen and oxygen atoms in total. The smallest absolute Gasteiger partial charge is 0.274 e. The number of pyridine rings is 1. The van der Waals surface area contributed by atoms with Crippen LogP contribution in [0.1, 0.15) is 49.0 Å². The highest BCUT2D eigenvalue weighted by Crippen LogP contribution is 2.41. The maximum atomic E-state index is 12.8. The molecule has 1 aromatic carbocycles. The number of aromatic nitrogens is 5. The summed E-state index contributed by atoms with van der Waals surface area (Å²) in [6, 6.07) is 10.2. The van der Waals surface area contributed by atoms with Gasteiger partial charge < -0.3 is 0 Å². The van der Waals surface area contributed by atoms with Gasteiger partial charge in [-0.05, 0) is 37.3 Å². The molecular weight excluding hydrogens is 398 g/mol. The Kier molecular flexibility index (Phi) is 4.02. The molecule has 150 valence electrons. The van der Waals surface area contributed by atoms with Crippen molar-refractivity contribution in [2.75, 3.05) is 0 Å². The Morgan fingerprint density at radius 1 is 1.07 bits per heavy atom. The van der Waals surface area contributed by atoms with Gasteiger partial charge in [0.1, 0.15) is 16.2 Å². The monoisotopic (exact) mass is 417 g/mol. The van der Waals surface area contributed by atoms with E-state index in [2.05, 4.69) is 16.0 Å². The van der Waals surface area contributed by atoms with Crippen LogP contribution in [-0.2, 0) is 5.75 Å². The molecule has 0 bridgehead atoms. The van der Waals surface area contributed by atoms with Gasteiger partial charge in [0.05, 0.1) is 5.52 Å². The topological polar surface area (TPSA) is 93.5 Å². The molecule has 0 amide bonds. The van der Waals surface area contributed by atoms with E-state index in [1.807, 2.05) is 24.3 Å². The summed E-state index contributed by atoms with van der Waals surface area (Å²) in [6.07, 6.45) is 5.78. The average Bonchev–Trinajstić information content (AvgIpc) is 3.65. The number of nitrogens with zero attached hydrogens (tertiary/aromatic N) is 4. The van der Waals surface area contributed by atoms with Crippen LogP contribution >= 0.6 is 11.8 Å². The Balaban J connectivity index is 1.49. The van der Waals surface area contributed by atoms with Crippen molar-refractivity contribution < 1.29 is 0 Å². The van der Waals surface area contributed by atoms with E-state index in [-0.39, 0.29) is 11.7 Å². The number of hydrogen-bond acceptors (Lipinski definition) is 6. The molecule has 0 radical (unpaired) electrons. The molecule has 3 aromatic heterocycles. The summed E-state index contributed by atoms with van der Waals surface area (Å²) in [7, 11) is 0. The lowest BCUT2D eigenvalue weighted by Gasteiger charge is -2.12. The molecule has 0 spiro atoms. The Morgan fingerprint density at radius 2 is 1.90 bits per heavy atom. The van der Waals surface area contributed by atoms with E-state index in [1.54, 1.807) is 10.8 Å². The largest absolute Gasteiger partial charge is 0.330 e. The van der Waals surface area contributed by atoms with Crippen LogP contribution in [0.25, 0.3) is 21.9 Å². The third-order valence-electron chi connectivity index (χ3n) is 5.70. The van der Waals surface area contributed by atoms with Gasteiger partial charge in [-0.15, -0.1) is 11.8 Å². The van der Waals surface area contributed by atoms with E-state index in [0.717, 1.165) is 48.0 Å². The fourth-order valence-electron chi connectivity index (χ4n) is 3.86. The van der Waals surface area contributed by atoms with Crippen molar-refractivity contribution >= 4 is 33.7 Å². The van der Waals surface area contributed by atoms with Gasteiger partial charge >= 0.3 is 5.69 Å². The molecule has 2 saturated carbocycles. The first-order chi connectivity index (χ1) is 14.7. The lowest BCUT2D eigenvalue weighted by Crippen LogP contribution is -2.31. The van der Waals surface area contributed by atoms with Crippen molar-refractivity contribution in [3.8, 4) is 0 Å². The van der Waals surface area contributed by atoms with Crippen LogP contribution < -0.4 is 11.2 Å². The number of aromatic amines is 1. The van der Waals surface area contributed by atoms with E-state index >= 15 is 0 Å². The maximum Gasteiger partial charge on any atom is 0.330 e. The van der Waals surface area contributed by atoms with Crippen LogP contribution in [0.4, 0.5) is 0 Å². The van der Waals surface area contributed by atoms with Crippen molar-refractivity contribution in [1.82, 2.24) is 24.5 Å².